The number of carboxylic acid groups (broad SMARTS) is 1. The highest BCUT2D eigenvalue weighted by molar-refractivity contribution is 5.71. The van der Waals surface area contributed by atoms with Crippen LogP contribution in [0.5, 0.6) is 0 Å². The van der Waals surface area contributed by atoms with Crippen molar-refractivity contribution in [3.8, 4) is 0 Å². The average molecular weight is 339 g/mol. The quantitative estimate of drug-likeness (QED) is 0.820. The normalized spacial score (nSPS) is 19.8. The van der Waals surface area contributed by atoms with Crippen LogP contribution in [0.3, 0.4) is 0 Å². The van der Waals surface area contributed by atoms with Gasteiger partial charge in [-0.3, -0.25) is 9.69 Å². The molecule has 0 aromatic carbocycles. The van der Waals surface area contributed by atoms with Gasteiger partial charge in [0.05, 0.1) is 5.69 Å². The number of alkyl halides is 1. The van der Waals surface area contributed by atoms with E-state index in [1.165, 1.54) is 0 Å². The lowest BCUT2D eigenvalue weighted by Gasteiger charge is -2.19. The molecule has 0 radical (unpaired) electrons. The van der Waals surface area contributed by atoms with E-state index in [1.54, 1.807) is 13.0 Å². The van der Waals surface area contributed by atoms with Gasteiger partial charge in [0.1, 0.15) is 6.17 Å². The van der Waals surface area contributed by atoms with Gasteiger partial charge in [0.15, 0.2) is 6.04 Å². The SMILES string of the molecule is Cc1cc(CCN2CC[C@@H](F)C2)nn([C@@H](CC(C)C)C(=O)O)c1=O. The summed E-state index contributed by atoms with van der Waals surface area (Å²) in [7, 11) is 0. The number of carboxylic acids is 1. The Morgan fingerprint density at radius 3 is 2.75 bits per heavy atom. The predicted molar refractivity (Wildman–Crippen MR) is 89.0 cm³/mol. The molecule has 2 rings (SSSR count). The first-order valence-corrected chi connectivity index (χ1v) is 8.46. The van der Waals surface area contributed by atoms with Crippen molar-refractivity contribution in [3.05, 3.63) is 27.7 Å². The maximum Gasteiger partial charge on any atom is 0.328 e. The highest BCUT2D eigenvalue weighted by Gasteiger charge is 2.25. The van der Waals surface area contributed by atoms with Crippen LogP contribution in [0.25, 0.3) is 0 Å². The molecule has 2 heterocycles. The van der Waals surface area contributed by atoms with Crippen molar-refractivity contribution in [3.63, 3.8) is 0 Å². The molecule has 0 bridgehead atoms. The van der Waals surface area contributed by atoms with E-state index in [4.69, 9.17) is 0 Å². The molecular formula is C17H26FN3O3. The van der Waals surface area contributed by atoms with Crippen molar-refractivity contribution in [1.29, 1.82) is 0 Å². The number of hydrogen-bond donors (Lipinski definition) is 1. The fourth-order valence-corrected chi connectivity index (χ4v) is 3.05. The first-order valence-electron chi connectivity index (χ1n) is 8.46. The zero-order chi connectivity index (χ0) is 17.9. The van der Waals surface area contributed by atoms with Crippen LogP contribution >= 0.6 is 0 Å². The summed E-state index contributed by atoms with van der Waals surface area (Å²) >= 11 is 0. The number of rotatable bonds is 7. The molecule has 0 saturated carbocycles. The third-order valence-corrected chi connectivity index (χ3v) is 4.34. The van der Waals surface area contributed by atoms with Gasteiger partial charge in [-0.2, -0.15) is 5.10 Å². The van der Waals surface area contributed by atoms with E-state index < -0.39 is 18.2 Å². The number of halogens is 1. The van der Waals surface area contributed by atoms with E-state index in [9.17, 15) is 19.1 Å². The van der Waals surface area contributed by atoms with E-state index in [0.29, 0.717) is 43.6 Å². The Kier molecular flexibility index (Phi) is 6.10. The van der Waals surface area contributed by atoms with Crippen LogP contribution in [-0.4, -0.2) is 51.6 Å². The van der Waals surface area contributed by atoms with Gasteiger partial charge in [-0.15, -0.1) is 0 Å². The summed E-state index contributed by atoms with van der Waals surface area (Å²) in [5, 5.41) is 13.8. The van der Waals surface area contributed by atoms with Gasteiger partial charge >= 0.3 is 5.97 Å². The molecule has 0 amide bonds. The zero-order valence-electron chi connectivity index (χ0n) is 14.5. The summed E-state index contributed by atoms with van der Waals surface area (Å²) in [4.78, 5) is 25.9. The van der Waals surface area contributed by atoms with E-state index in [0.717, 1.165) is 11.2 Å². The lowest BCUT2D eigenvalue weighted by Crippen LogP contribution is -2.35. The monoisotopic (exact) mass is 339 g/mol. The average Bonchev–Trinajstić information content (AvgIpc) is 2.91. The number of nitrogens with zero attached hydrogens (tertiary/aromatic N) is 3. The van der Waals surface area contributed by atoms with Crippen molar-refractivity contribution in [2.75, 3.05) is 19.6 Å². The van der Waals surface area contributed by atoms with Gasteiger partial charge in [-0.05, 0) is 31.7 Å². The van der Waals surface area contributed by atoms with Crippen LogP contribution in [-0.2, 0) is 11.2 Å². The van der Waals surface area contributed by atoms with Gasteiger partial charge < -0.3 is 5.11 Å². The molecule has 1 N–H and O–H groups in total. The highest BCUT2D eigenvalue weighted by Crippen LogP contribution is 2.17. The van der Waals surface area contributed by atoms with Gasteiger partial charge in [-0.25, -0.2) is 13.9 Å². The van der Waals surface area contributed by atoms with Crippen molar-refractivity contribution < 1.29 is 14.3 Å². The highest BCUT2D eigenvalue weighted by atomic mass is 19.1. The number of carbonyl (C=O) groups is 1. The summed E-state index contributed by atoms with van der Waals surface area (Å²) in [6, 6.07) is 0.744. The molecule has 1 aromatic heterocycles. The topological polar surface area (TPSA) is 75.4 Å². The molecule has 134 valence electrons. The molecular weight excluding hydrogens is 313 g/mol. The Bertz CT molecular complexity index is 644. The maximum atomic E-state index is 13.2. The van der Waals surface area contributed by atoms with Crippen LogP contribution in [0.2, 0.25) is 0 Å². The fraction of sp³-hybridized carbons (Fsp3) is 0.706. The Morgan fingerprint density at radius 1 is 1.50 bits per heavy atom. The van der Waals surface area contributed by atoms with Gasteiger partial charge in [-0.1, -0.05) is 13.8 Å². The number of hydrogen-bond acceptors (Lipinski definition) is 4. The molecule has 7 heteroatoms. The van der Waals surface area contributed by atoms with Crippen LogP contribution < -0.4 is 5.56 Å². The lowest BCUT2D eigenvalue weighted by atomic mass is 10.0. The largest absolute Gasteiger partial charge is 0.480 e. The standard InChI is InChI=1S/C17H26FN3O3/c1-11(2)8-15(17(23)24)21-16(22)12(3)9-14(19-21)5-7-20-6-4-13(18)10-20/h9,11,13,15H,4-8,10H2,1-3H3,(H,23,24)/t13-,15+/m1/s1. The lowest BCUT2D eigenvalue weighted by molar-refractivity contribution is -0.141. The van der Waals surface area contributed by atoms with Gasteiger partial charge in [0.25, 0.3) is 5.56 Å². The zero-order valence-corrected chi connectivity index (χ0v) is 14.5. The van der Waals surface area contributed by atoms with Crippen LogP contribution in [0, 0.1) is 12.8 Å². The minimum absolute atomic E-state index is 0.134. The molecule has 24 heavy (non-hydrogen) atoms. The summed E-state index contributed by atoms with van der Waals surface area (Å²) in [5.41, 5.74) is 0.793. The van der Waals surface area contributed by atoms with Crippen LogP contribution in [0.15, 0.2) is 10.9 Å². The minimum Gasteiger partial charge on any atom is -0.480 e. The summed E-state index contributed by atoms with van der Waals surface area (Å²) in [6.45, 7) is 7.32. The van der Waals surface area contributed by atoms with Crippen molar-refractivity contribution in [2.24, 2.45) is 5.92 Å². The number of aromatic nitrogens is 2. The van der Waals surface area contributed by atoms with Crippen LogP contribution in [0.4, 0.5) is 4.39 Å². The Morgan fingerprint density at radius 2 is 2.21 bits per heavy atom. The Labute approximate surface area is 141 Å². The molecule has 1 saturated heterocycles. The van der Waals surface area contributed by atoms with Gasteiger partial charge in [0.2, 0.25) is 0 Å². The minimum atomic E-state index is -1.05. The second-order valence-electron chi connectivity index (χ2n) is 6.99. The summed E-state index contributed by atoms with van der Waals surface area (Å²) in [6.07, 6.45) is 0.709. The second kappa shape index (κ2) is 7.88. The first-order chi connectivity index (χ1) is 11.3. The second-order valence-corrected chi connectivity index (χ2v) is 6.99. The summed E-state index contributed by atoms with van der Waals surface area (Å²) in [5.74, 6) is -0.912. The van der Waals surface area contributed by atoms with Crippen molar-refractivity contribution >= 4 is 5.97 Å². The smallest absolute Gasteiger partial charge is 0.328 e. The van der Waals surface area contributed by atoms with E-state index >= 15 is 0 Å². The number of aryl methyl sites for hydroxylation is 1. The Hall–Kier alpha value is -1.76. The van der Waals surface area contributed by atoms with E-state index in [-0.39, 0.29) is 11.5 Å². The molecule has 1 aliphatic heterocycles. The molecule has 0 unspecified atom stereocenters. The van der Waals surface area contributed by atoms with Gasteiger partial charge in [0, 0.05) is 31.6 Å². The molecule has 1 aromatic rings. The molecule has 0 spiro atoms. The van der Waals surface area contributed by atoms with Crippen molar-refractivity contribution in [1.82, 2.24) is 14.7 Å². The predicted octanol–water partition coefficient (Wildman–Crippen LogP) is 1.81. The summed E-state index contributed by atoms with van der Waals surface area (Å²) < 4.78 is 14.3. The van der Waals surface area contributed by atoms with Crippen LogP contribution in [0.1, 0.15) is 44.0 Å². The third-order valence-electron chi connectivity index (χ3n) is 4.34. The first kappa shape index (κ1) is 18.6. The fourth-order valence-electron chi connectivity index (χ4n) is 3.05. The number of likely N-dealkylation sites (tertiary alicyclic amines) is 1. The molecule has 6 nitrogen and oxygen atoms in total. The number of aliphatic carboxylic acids is 1. The van der Waals surface area contributed by atoms with E-state index in [2.05, 4.69) is 5.10 Å². The molecule has 2 atom stereocenters. The van der Waals surface area contributed by atoms with E-state index in [1.807, 2.05) is 18.7 Å². The molecule has 0 aliphatic carbocycles. The third kappa shape index (κ3) is 4.63. The molecule has 1 aliphatic rings. The maximum absolute atomic E-state index is 13.2. The molecule has 1 fully saturated rings. The van der Waals surface area contributed by atoms with Crippen molar-refractivity contribution in [2.45, 2.75) is 52.2 Å². The Balaban J connectivity index is 2.20.